The second-order valence-corrected chi connectivity index (χ2v) is 6.18. The quantitative estimate of drug-likeness (QED) is 0.537. The Morgan fingerprint density at radius 3 is 2.52 bits per heavy atom. The Labute approximate surface area is 164 Å². The van der Waals surface area contributed by atoms with Crippen molar-refractivity contribution >= 4 is 40.7 Å². The molecule has 0 heterocycles. The predicted octanol–water partition coefficient (Wildman–Crippen LogP) is 2.96. The van der Waals surface area contributed by atoms with Crippen LogP contribution in [-0.4, -0.2) is 30.4 Å². The number of nitrogens with zero attached hydrogens (tertiary/aromatic N) is 1. The van der Waals surface area contributed by atoms with Gasteiger partial charge in [-0.25, -0.2) is 0 Å². The van der Waals surface area contributed by atoms with E-state index in [2.05, 4.69) is 10.6 Å². The van der Waals surface area contributed by atoms with Crippen LogP contribution in [0.2, 0.25) is 10.0 Å². The van der Waals surface area contributed by atoms with Crippen molar-refractivity contribution in [3.8, 4) is 5.75 Å². The lowest BCUT2D eigenvalue weighted by Gasteiger charge is -2.09. The smallest absolute Gasteiger partial charge is 0.311 e. The number of halogens is 2. The van der Waals surface area contributed by atoms with Crippen LogP contribution in [-0.2, 0) is 11.3 Å². The topological polar surface area (TPSA) is 111 Å². The van der Waals surface area contributed by atoms with Crippen LogP contribution in [0.5, 0.6) is 5.75 Å². The number of amides is 2. The first-order valence-electron chi connectivity index (χ1n) is 7.63. The Hall–Kier alpha value is -2.84. The van der Waals surface area contributed by atoms with E-state index in [0.717, 1.165) is 6.07 Å². The first-order chi connectivity index (χ1) is 12.8. The molecule has 0 aliphatic carbocycles. The number of carbonyl (C=O) groups is 2. The molecule has 0 atom stereocenters. The third kappa shape index (κ3) is 5.57. The summed E-state index contributed by atoms with van der Waals surface area (Å²) in [6.45, 7) is -0.136. The zero-order valence-electron chi connectivity index (χ0n) is 14.1. The monoisotopic (exact) mass is 411 g/mol. The number of hydrogen-bond donors (Lipinski definition) is 2. The van der Waals surface area contributed by atoms with Gasteiger partial charge in [0.2, 0.25) is 5.91 Å². The van der Waals surface area contributed by atoms with Gasteiger partial charge < -0.3 is 15.4 Å². The third-order valence-electron chi connectivity index (χ3n) is 3.54. The molecule has 0 radical (unpaired) electrons. The lowest BCUT2D eigenvalue weighted by atomic mass is 10.1. The fourth-order valence-electron chi connectivity index (χ4n) is 2.16. The van der Waals surface area contributed by atoms with Crippen molar-refractivity contribution < 1.29 is 19.2 Å². The van der Waals surface area contributed by atoms with E-state index in [-0.39, 0.29) is 30.1 Å². The normalized spacial score (nSPS) is 10.2. The lowest BCUT2D eigenvalue weighted by molar-refractivity contribution is -0.385. The molecule has 0 aliphatic rings. The van der Waals surface area contributed by atoms with Gasteiger partial charge in [-0.2, -0.15) is 0 Å². The maximum atomic E-state index is 12.1. The average Bonchev–Trinajstić information content (AvgIpc) is 2.64. The number of methoxy groups -OCH3 is 1. The van der Waals surface area contributed by atoms with Crippen molar-refractivity contribution in [2.75, 3.05) is 13.7 Å². The van der Waals surface area contributed by atoms with Crippen molar-refractivity contribution in [2.45, 2.75) is 6.54 Å². The lowest BCUT2D eigenvalue weighted by Crippen LogP contribution is -2.36. The first kappa shape index (κ1) is 20.5. The van der Waals surface area contributed by atoms with Crippen LogP contribution in [0.15, 0.2) is 36.4 Å². The van der Waals surface area contributed by atoms with Gasteiger partial charge in [0.1, 0.15) is 0 Å². The molecule has 8 nitrogen and oxygen atoms in total. The zero-order chi connectivity index (χ0) is 20.0. The van der Waals surface area contributed by atoms with Crippen LogP contribution >= 0.6 is 23.2 Å². The van der Waals surface area contributed by atoms with E-state index in [1.165, 1.54) is 19.2 Å². The van der Waals surface area contributed by atoms with Crippen molar-refractivity contribution in [2.24, 2.45) is 0 Å². The van der Waals surface area contributed by atoms with Gasteiger partial charge in [0.25, 0.3) is 5.91 Å². The molecule has 0 fully saturated rings. The fraction of sp³-hybridized carbons (Fsp3) is 0.176. The van der Waals surface area contributed by atoms with E-state index >= 15 is 0 Å². The minimum atomic E-state index is -0.655. The molecular weight excluding hydrogens is 397 g/mol. The number of nitro groups is 1. The molecule has 142 valence electrons. The number of nitro benzene ring substituents is 1. The number of nitrogens with one attached hydrogen (secondary N) is 2. The second kappa shape index (κ2) is 9.20. The van der Waals surface area contributed by atoms with Crippen LogP contribution in [0.1, 0.15) is 15.9 Å². The molecule has 2 rings (SSSR count). The minimum Gasteiger partial charge on any atom is -0.490 e. The molecule has 0 aliphatic heterocycles. The van der Waals surface area contributed by atoms with Gasteiger partial charge in [-0.3, -0.25) is 19.7 Å². The first-order valence-corrected chi connectivity index (χ1v) is 8.38. The van der Waals surface area contributed by atoms with E-state index in [4.69, 9.17) is 27.9 Å². The van der Waals surface area contributed by atoms with Crippen LogP contribution in [0.25, 0.3) is 0 Å². The van der Waals surface area contributed by atoms with E-state index in [0.29, 0.717) is 15.6 Å². The Kier molecular flexibility index (Phi) is 6.98. The van der Waals surface area contributed by atoms with Crippen LogP contribution in [0.3, 0.4) is 0 Å². The van der Waals surface area contributed by atoms with Crippen LogP contribution < -0.4 is 15.4 Å². The minimum absolute atomic E-state index is 0.0362. The molecule has 10 heteroatoms. The zero-order valence-corrected chi connectivity index (χ0v) is 15.6. The van der Waals surface area contributed by atoms with Crippen molar-refractivity contribution in [3.05, 3.63) is 67.7 Å². The highest BCUT2D eigenvalue weighted by Crippen LogP contribution is 2.27. The summed E-state index contributed by atoms with van der Waals surface area (Å²) in [6.07, 6.45) is 0. The van der Waals surface area contributed by atoms with Gasteiger partial charge in [0, 0.05) is 28.2 Å². The predicted molar refractivity (Wildman–Crippen MR) is 100 cm³/mol. The van der Waals surface area contributed by atoms with Gasteiger partial charge in [0.05, 0.1) is 18.6 Å². The molecule has 0 bridgehead atoms. The number of hydrogen-bond acceptors (Lipinski definition) is 5. The Morgan fingerprint density at radius 1 is 1.15 bits per heavy atom. The summed E-state index contributed by atoms with van der Waals surface area (Å²) in [7, 11) is 1.29. The SMILES string of the molecule is COc1ccc(C(=O)NCC(=O)NCc2ccc(Cl)cc2Cl)cc1[N+](=O)[O-]. The van der Waals surface area contributed by atoms with Gasteiger partial charge in [-0.05, 0) is 29.8 Å². The molecule has 2 amide bonds. The average molecular weight is 412 g/mol. The van der Waals surface area contributed by atoms with Gasteiger partial charge in [-0.1, -0.05) is 29.3 Å². The molecular formula is C17H15Cl2N3O5. The molecule has 0 saturated heterocycles. The fourth-order valence-corrected chi connectivity index (χ4v) is 2.63. The Morgan fingerprint density at radius 2 is 1.89 bits per heavy atom. The van der Waals surface area contributed by atoms with Gasteiger partial charge >= 0.3 is 5.69 Å². The summed E-state index contributed by atoms with van der Waals surface area (Å²) in [5.74, 6) is -1.04. The number of ether oxygens (including phenoxy) is 1. The molecule has 2 aromatic carbocycles. The molecule has 0 aromatic heterocycles. The highest BCUT2D eigenvalue weighted by Gasteiger charge is 2.18. The largest absolute Gasteiger partial charge is 0.490 e. The highest BCUT2D eigenvalue weighted by atomic mass is 35.5. The van der Waals surface area contributed by atoms with E-state index in [9.17, 15) is 19.7 Å². The standard InChI is InChI=1S/C17H15Cl2N3O5/c1-27-15-5-3-10(6-14(15)22(25)26)17(24)21-9-16(23)20-8-11-2-4-12(18)7-13(11)19/h2-7H,8-9H2,1H3,(H,20,23)(H,21,24). The maximum Gasteiger partial charge on any atom is 0.311 e. The second-order valence-electron chi connectivity index (χ2n) is 5.34. The van der Waals surface area contributed by atoms with Crippen molar-refractivity contribution in [1.29, 1.82) is 0 Å². The molecule has 0 spiro atoms. The van der Waals surface area contributed by atoms with Gasteiger partial charge in [-0.15, -0.1) is 0 Å². The summed E-state index contributed by atoms with van der Waals surface area (Å²) in [4.78, 5) is 34.3. The molecule has 27 heavy (non-hydrogen) atoms. The number of carbonyl (C=O) groups excluding carboxylic acids is 2. The van der Waals surface area contributed by atoms with E-state index in [1.807, 2.05) is 0 Å². The Bertz CT molecular complexity index is 889. The third-order valence-corrected chi connectivity index (χ3v) is 4.13. The number of rotatable bonds is 7. The summed E-state index contributed by atoms with van der Waals surface area (Å²) < 4.78 is 4.87. The Balaban J connectivity index is 1.92. The summed E-state index contributed by atoms with van der Waals surface area (Å²) in [6, 6.07) is 8.65. The maximum absolute atomic E-state index is 12.1. The summed E-state index contributed by atoms with van der Waals surface area (Å²) in [5.41, 5.74) is 0.370. The molecule has 2 N–H and O–H groups in total. The summed E-state index contributed by atoms with van der Waals surface area (Å²) in [5, 5.41) is 16.9. The molecule has 2 aromatic rings. The highest BCUT2D eigenvalue weighted by molar-refractivity contribution is 6.35. The van der Waals surface area contributed by atoms with E-state index < -0.39 is 16.7 Å². The van der Waals surface area contributed by atoms with E-state index in [1.54, 1.807) is 18.2 Å². The summed E-state index contributed by atoms with van der Waals surface area (Å²) >= 11 is 11.8. The van der Waals surface area contributed by atoms with Crippen molar-refractivity contribution in [1.82, 2.24) is 10.6 Å². The molecule has 0 unspecified atom stereocenters. The van der Waals surface area contributed by atoms with Gasteiger partial charge in [0.15, 0.2) is 5.75 Å². The number of benzene rings is 2. The van der Waals surface area contributed by atoms with Crippen molar-refractivity contribution in [3.63, 3.8) is 0 Å². The van der Waals surface area contributed by atoms with Crippen LogP contribution in [0.4, 0.5) is 5.69 Å². The molecule has 0 saturated carbocycles. The van der Waals surface area contributed by atoms with Crippen LogP contribution in [0, 0.1) is 10.1 Å².